The molecule has 1 aliphatic heterocycles. The van der Waals surface area contributed by atoms with Crippen molar-refractivity contribution >= 4 is 23.4 Å². The van der Waals surface area contributed by atoms with Gasteiger partial charge in [0.25, 0.3) is 0 Å². The zero-order valence-electron chi connectivity index (χ0n) is 25.7. The number of hydrogen-bond donors (Lipinski definition) is 1. The largest absolute Gasteiger partial charge is 0.469 e. The van der Waals surface area contributed by atoms with Crippen LogP contribution >= 0.6 is 0 Å². The molecule has 10 heteroatoms. The number of ether oxygens (including phenoxy) is 3. The Kier molecular flexibility index (Phi) is 9.11. The van der Waals surface area contributed by atoms with E-state index in [0.29, 0.717) is 43.4 Å². The smallest absolute Gasteiger partial charge is 0.415 e. The maximum atomic E-state index is 13.3. The molecule has 1 atom stereocenters. The average Bonchev–Trinajstić information content (AvgIpc) is 3.37. The van der Waals surface area contributed by atoms with Crippen molar-refractivity contribution in [3.05, 3.63) is 48.1 Å². The molecule has 10 nitrogen and oxygen atoms in total. The van der Waals surface area contributed by atoms with Crippen molar-refractivity contribution in [2.75, 3.05) is 30.0 Å². The van der Waals surface area contributed by atoms with Crippen LogP contribution in [0.3, 0.4) is 0 Å². The lowest BCUT2D eigenvalue weighted by molar-refractivity contribution is -0.0819. The van der Waals surface area contributed by atoms with E-state index >= 15 is 0 Å². The highest BCUT2D eigenvalue weighted by Gasteiger charge is 2.33. The standard InChI is InChI=1S/C32H44N6O4/c1-20(2)17-41-31(39)38(28-16-33-27(15-34-28)22-8-7-21(3)13-22)24-11-9-23(10-12-24)36-30-35-14-26(32(4,5)6)29(37-30)42-25-18-40-19-25/h7-8,13-16,20-21,23-25H,9-12,17-19H2,1-6H3,(H,35,36,37). The van der Waals surface area contributed by atoms with E-state index in [1.165, 1.54) is 0 Å². The fourth-order valence-corrected chi connectivity index (χ4v) is 5.29. The summed E-state index contributed by atoms with van der Waals surface area (Å²) in [5.41, 5.74) is 2.68. The van der Waals surface area contributed by atoms with Crippen LogP contribution in [0.15, 0.2) is 36.8 Å². The van der Waals surface area contributed by atoms with Crippen LogP contribution in [0.2, 0.25) is 0 Å². The molecule has 2 aliphatic carbocycles. The minimum atomic E-state index is -0.376. The summed E-state index contributed by atoms with van der Waals surface area (Å²) in [6.07, 6.45) is 14.6. The summed E-state index contributed by atoms with van der Waals surface area (Å²) in [6, 6.07) is 0.127. The number of nitrogens with zero attached hydrogens (tertiary/aromatic N) is 5. The predicted molar refractivity (Wildman–Crippen MR) is 163 cm³/mol. The van der Waals surface area contributed by atoms with Gasteiger partial charge in [0.2, 0.25) is 11.8 Å². The number of allylic oxidation sites excluding steroid dienone is 4. The maximum Gasteiger partial charge on any atom is 0.415 e. The van der Waals surface area contributed by atoms with E-state index in [0.717, 1.165) is 42.5 Å². The predicted octanol–water partition coefficient (Wildman–Crippen LogP) is 5.95. The van der Waals surface area contributed by atoms with Crippen LogP contribution in [0.1, 0.15) is 78.5 Å². The number of rotatable bonds is 9. The normalized spacial score (nSPS) is 22.5. The van der Waals surface area contributed by atoms with Crippen molar-refractivity contribution in [1.82, 2.24) is 19.9 Å². The summed E-state index contributed by atoms with van der Waals surface area (Å²) in [7, 11) is 0. The first-order valence-electron chi connectivity index (χ1n) is 15.1. The second kappa shape index (κ2) is 12.8. The molecule has 0 aromatic carbocycles. The summed E-state index contributed by atoms with van der Waals surface area (Å²) in [5, 5.41) is 3.51. The highest BCUT2D eigenvalue weighted by atomic mass is 16.6. The Balaban J connectivity index is 1.26. The first-order valence-corrected chi connectivity index (χ1v) is 15.1. The van der Waals surface area contributed by atoms with Gasteiger partial charge in [0.05, 0.1) is 37.9 Å². The lowest BCUT2D eigenvalue weighted by Crippen LogP contribution is -2.45. The Labute approximate surface area is 249 Å². The van der Waals surface area contributed by atoms with Crippen molar-refractivity contribution in [2.45, 2.75) is 90.8 Å². The van der Waals surface area contributed by atoms with Crippen LogP contribution in [0, 0.1) is 11.8 Å². The number of hydrogen-bond acceptors (Lipinski definition) is 9. The van der Waals surface area contributed by atoms with Gasteiger partial charge in [-0.25, -0.2) is 14.8 Å². The third-order valence-corrected chi connectivity index (χ3v) is 7.78. The Hall–Kier alpha value is -3.53. The zero-order valence-corrected chi connectivity index (χ0v) is 25.7. The fraction of sp³-hybridized carbons (Fsp3) is 0.594. The van der Waals surface area contributed by atoms with Gasteiger partial charge in [-0.1, -0.05) is 59.8 Å². The Morgan fingerprint density at radius 2 is 1.86 bits per heavy atom. The quantitative estimate of drug-likeness (QED) is 0.387. The van der Waals surface area contributed by atoms with Crippen LogP contribution in [0.25, 0.3) is 5.57 Å². The number of carbonyl (C=O) groups is 1. The van der Waals surface area contributed by atoms with Gasteiger partial charge >= 0.3 is 6.09 Å². The minimum Gasteiger partial charge on any atom is -0.469 e. The summed E-state index contributed by atoms with van der Waals surface area (Å²) in [6.45, 7) is 14.1. The number of carbonyl (C=O) groups excluding carboxylic acids is 1. The molecule has 1 saturated carbocycles. The Morgan fingerprint density at radius 1 is 1.10 bits per heavy atom. The molecular formula is C32H44N6O4. The first kappa shape index (κ1) is 29.9. The molecule has 2 aromatic heterocycles. The highest BCUT2D eigenvalue weighted by Crippen LogP contribution is 2.33. The molecule has 1 saturated heterocycles. The molecule has 5 rings (SSSR count). The van der Waals surface area contributed by atoms with Gasteiger partial charge in [0.15, 0.2) is 5.82 Å². The number of aromatic nitrogens is 4. The third kappa shape index (κ3) is 7.27. The Bertz CT molecular complexity index is 1290. The van der Waals surface area contributed by atoms with Gasteiger partial charge in [0.1, 0.15) is 6.10 Å². The van der Waals surface area contributed by atoms with E-state index in [9.17, 15) is 4.79 Å². The highest BCUT2D eigenvalue weighted by molar-refractivity contribution is 5.87. The molecule has 0 spiro atoms. The van der Waals surface area contributed by atoms with Gasteiger partial charge in [-0.05, 0) is 48.5 Å². The summed E-state index contributed by atoms with van der Waals surface area (Å²) in [5.74, 6) is 2.30. The van der Waals surface area contributed by atoms with Gasteiger partial charge in [-0.2, -0.15) is 4.98 Å². The number of anilines is 2. The van der Waals surface area contributed by atoms with Crippen LogP contribution in [-0.4, -0.2) is 64.0 Å². The summed E-state index contributed by atoms with van der Waals surface area (Å²) >= 11 is 0. The van der Waals surface area contributed by atoms with Gasteiger partial charge in [-0.15, -0.1) is 0 Å². The molecular weight excluding hydrogens is 532 g/mol. The van der Waals surface area contributed by atoms with Gasteiger partial charge < -0.3 is 19.5 Å². The number of nitrogens with one attached hydrogen (secondary N) is 1. The van der Waals surface area contributed by atoms with E-state index in [1.54, 1.807) is 17.3 Å². The Morgan fingerprint density at radius 3 is 2.43 bits per heavy atom. The molecule has 1 amide bonds. The molecule has 42 heavy (non-hydrogen) atoms. The molecule has 2 aromatic rings. The van der Waals surface area contributed by atoms with E-state index in [4.69, 9.17) is 19.2 Å². The van der Waals surface area contributed by atoms with Crippen LogP contribution < -0.4 is 15.0 Å². The van der Waals surface area contributed by atoms with Gasteiger partial charge in [0, 0.05) is 23.8 Å². The SMILES string of the molecule is CC1C=CC(c2cnc(N(C(=O)OCC(C)C)C3CCC(Nc4ncc(C(C)(C)C)c(OC5COC5)n4)CC3)cn2)=C1. The molecule has 1 unspecified atom stereocenters. The summed E-state index contributed by atoms with van der Waals surface area (Å²) < 4.78 is 17.1. The van der Waals surface area contributed by atoms with Gasteiger partial charge in [-0.3, -0.25) is 9.88 Å². The molecule has 0 radical (unpaired) electrons. The molecule has 3 aliphatic rings. The van der Waals surface area contributed by atoms with E-state index in [2.05, 4.69) is 66.2 Å². The molecule has 1 N–H and O–H groups in total. The van der Waals surface area contributed by atoms with E-state index in [-0.39, 0.29) is 35.6 Å². The lowest BCUT2D eigenvalue weighted by Gasteiger charge is -2.36. The van der Waals surface area contributed by atoms with Crippen molar-refractivity contribution in [1.29, 1.82) is 0 Å². The van der Waals surface area contributed by atoms with Crippen LogP contribution in [0.4, 0.5) is 16.6 Å². The molecule has 226 valence electrons. The second-order valence-corrected chi connectivity index (χ2v) is 13.0. The number of amides is 1. The topological polar surface area (TPSA) is 112 Å². The first-order chi connectivity index (χ1) is 20.1. The van der Waals surface area contributed by atoms with Crippen molar-refractivity contribution in [3.8, 4) is 5.88 Å². The van der Waals surface area contributed by atoms with E-state index < -0.39 is 0 Å². The molecule has 0 bridgehead atoms. The monoisotopic (exact) mass is 576 g/mol. The zero-order chi connectivity index (χ0) is 29.9. The van der Waals surface area contributed by atoms with Crippen molar-refractivity contribution < 1.29 is 19.0 Å². The third-order valence-electron chi connectivity index (χ3n) is 7.78. The van der Waals surface area contributed by atoms with Crippen LogP contribution in [-0.2, 0) is 14.9 Å². The minimum absolute atomic E-state index is 0.0257. The molecule has 3 heterocycles. The van der Waals surface area contributed by atoms with Crippen LogP contribution in [0.5, 0.6) is 5.88 Å². The fourth-order valence-electron chi connectivity index (χ4n) is 5.29. The second-order valence-electron chi connectivity index (χ2n) is 13.0. The van der Waals surface area contributed by atoms with Crippen molar-refractivity contribution in [3.63, 3.8) is 0 Å². The average molecular weight is 577 g/mol. The molecule has 2 fully saturated rings. The van der Waals surface area contributed by atoms with E-state index in [1.807, 2.05) is 20.0 Å². The maximum absolute atomic E-state index is 13.3. The lowest BCUT2D eigenvalue weighted by atomic mass is 9.88. The van der Waals surface area contributed by atoms with Crippen molar-refractivity contribution in [2.24, 2.45) is 11.8 Å². The summed E-state index contributed by atoms with van der Waals surface area (Å²) in [4.78, 5) is 33.7.